The molecule has 0 aromatic heterocycles. The van der Waals surface area contributed by atoms with E-state index in [9.17, 15) is 13.2 Å². The Balaban J connectivity index is 1.47. The molecule has 1 saturated heterocycles. The minimum atomic E-state index is -3.53. The molecule has 3 rings (SSSR count). The first-order valence-electron chi connectivity index (χ1n) is 10.2. The van der Waals surface area contributed by atoms with Gasteiger partial charge in [0.1, 0.15) is 5.75 Å². The fourth-order valence-electron chi connectivity index (χ4n) is 3.16. The minimum Gasteiger partial charge on any atom is -0.484 e. The maximum absolute atomic E-state index is 12.5. The molecule has 162 valence electrons. The molecule has 1 fully saturated rings. The number of para-hydroxylation sites is 1. The third kappa shape index (κ3) is 5.96. The number of carbonyl (C=O) groups is 1. The average Bonchev–Trinajstić information content (AvgIpc) is 2.77. The summed E-state index contributed by atoms with van der Waals surface area (Å²) < 4.78 is 32.6. The van der Waals surface area contributed by atoms with Crippen LogP contribution in [0.25, 0.3) is 0 Å². The Labute approximate surface area is 178 Å². The molecule has 1 N–H and O–H groups in total. The van der Waals surface area contributed by atoms with E-state index in [1.54, 1.807) is 17.0 Å². The molecule has 0 radical (unpaired) electrons. The summed E-state index contributed by atoms with van der Waals surface area (Å²) in [6, 6.07) is 16.3. The van der Waals surface area contributed by atoms with Crippen molar-refractivity contribution in [2.75, 3.05) is 44.2 Å². The van der Waals surface area contributed by atoms with Crippen molar-refractivity contribution in [3.05, 3.63) is 54.6 Å². The van der Waals surface area contributed by atoms with Gasteiger partial charge < -0.3 is 14.5 Å². The molecule has 30 heavy (non-hydrogen) atoms. The van der Waals surface area contributed by atoms with E-state index in [4.69, 9.17) is 4.74 Å². The van der Waals surface area contributed by atoms with Crippen LogP contribution in [0.4, 0.5) is 5.69 Å². The van der Waals surface area contributed by atoms with Gasteiger partial charge in [0.2, 0.25) is 10.0 Å². The van der Waals surface area contributed by atoms with E-state index in [1.165, 1.54) is 17.8 Å². The number of carbonyl (C=O) groups excluding carboxylic acids is 1. The lowest BCUT2D eigenvalue weighted by molar-refractivity contribution is -0.133. The lowest BCUT2D eigenvalue weighted by Gasteiger charge is -2.36. The number of benzene rings is 2. The molecule has 0 saturated carbocycles. The number of ether oxygens (including phenoxy) is 1. The first-order chi connectivity index (χ1) is 14.3. The van der Waals surface area contributed by atoms with Crippen LogP contribution in [0.1, 0.15) is 13.8 Å². The third-order valence-electron chi connectivity index (χ3n) is 4.93. The van der Waals surface area contributed by atoms with Gasteiger partial charge in [-0.25, -0.2) is 13.1 Å². The highest BCUT2D eigenvalue weighted by Gasteiger charge is 2.21. The van der Waals surface area contributed by atoms with Gasteiger partial charge in [0.05, 0.1) is 4.90 Å². The summed E-state index contributed by atoms with van der Waals surface area (Å²) in [4.78, 5) is 16.7. The van der Waals surface area contributed by atoms with Crippen molar-refractivity contribution in [2.24, 2.45) is 5.92 Å². The van der Waals surface area contributed by atoms with Crippen LogP contribution in [0.5, 0.6) is 5.75 Å². The highest BCUT2D eigenvalue weighted by molar-refractivity contribution is 7.89. The molecular formula is C22H29N3O4S. The van der Waals surface area contributed by atoms with Gasteiger partial charge in [0.25, 0.3) is 5.91 Å². The maximum Gasteiger partial charge on any atom is 0.260 e. The first-order valence-corrected chi connectivity index (χ1v) is 11.6. The van der Waals surface area contributed by atoms with Gasteiger partial charge >= 0.3 is 0 Å². The largest absolute Gasteiger partial charge is 0.484 e. The second kappa shape index (κ2) is 9.95. The average molecular weight is 432 g/mol. The van der Waals surface area contributed by atoms with Crippen LogP contribution in [-0.4, -0.2) is 58.6 Å². The monoisotopic (exact) mass is 431 g/mol. The van der Waals surface area contributed by atoms with Crippen molar-refractivity contribution in [3.63, 3.8) is 0 Å². The van der Waals surface area contributed by atoms with Gasteiger partial charge in [-0.3, -0.25) is 4.79 Å². The number of amides is 1. The van der Waals surface area contributed by atoms with Crippen molar-refractivity contribution in [3.8, 4) is 5.75 Å². The topological polar surface area (TPSA) is 78.9 Å². The summed E-state index contributed by atoms with van der Waals surface area (Å²) in [6.45, 7) is 7.06. The maximum atomic E-state index is 12.5. The van der Waals surface area contributed by atoms with Crippen molar-refractivity contribution >= 4 is 21.6 Å². The zero-order chi connectivity index (χ0) is 21.6. The van der Waals surface area contributed by atoms with E-state index in [1.807, 2.05) is 32.0 Å². The summed E-state index contributed by atoms with van der Waals surface area (Å²) >= 11 is 0. The van der Waals surface area contributed by atoms with Crippen molar-refractivity contribution in [1.82, 2.24) is 9.62 Å². The molecule has 8 heteroatoms. The molecule has 2 aromatic rings. The predicted octanol–water partition coefficient (Wildman–Crippen LogP) is 2.35. The molecule has 0 aliphatic carbocycles. The Morgan fingerprint density at radius 1 is 1.00 bits per heavy atom. The van der Waals surface area contributed by atoms with E-state index < -0.39 is 10.0 Å². The zero-order valence-corrected chi connectivity index (χ0v) is 18.3. The Morgan fingerprint density at radius 3 is 2.23 bits per heavy atom. The van der Waals surface area contributed by atoms with E-state index in [-0.39, 0.29) is 23.3 Å². The van der Waals surface area contributed by atoms with Crippen LogP contribution in [0.3, 0.4) is 0 Å². The Kier molecular flexibility index (Phi) is 7.33. The lowest BCUT2D eigenvalue weighted by atomic mass is 10.2. The van der Waals surface area contributed by atoms with Crippen molar-refractivity contribution in [1.29, 1.82) is 0 Å². The molecule has 0 bridgehead atoms. The normalized spacial score (nSPS) is 14.8. The van der Waals surface area contributed by atoms with Crippen molar-refractivity contribution < 1.29 is 17.9 Å². The summed E-state index contributed by atoms with van der Waals surface area (Å²) in [6.07, 6.45) is 0. The van der Waals surface area contributed by atoms with Gasteiger partial charge in [-0.15, -0.1) is 0 Å². The summed E-state index contributed by atoms with van der Waals surface area (Å²) in [5.74, 6) is 0.620. The zero-order valence-electron chi connectivity index (χ0n) is 17.5. The van der Waals surface area contributed by atoms with E-state index in [0.717, 1.165) is 13.1 Å². The molecule has 1 amide bonds. The lowest BCUT2D eigenvalue weighted by Crippen LogP contribution is -2.50. The highest BCUT2D eigenvalue weighted by Crippen LogP contribution is 2.18. The molecule has 1 aliphatic rings. The molecule has 0 unspecified atom stereocenters. The van der Waals surface area contributed by atoms with E-state index in [2.05, 4.69) is 21.8 Å². The number of sulfonamides is 1. The molecule has 0 atom stereocenters. The Morgan fingerprint density at radius 2 is 1.63 bits per heavy atom. The predicted molar refractivity (Wildman–Crippen MR) is 117 cm³/mol. The second-order valence-corrected chi connectivity index (χ2v) is 9.48. The molecule has 2 aromatic carbocycles. The van der Waals surface area contributed by atoms with Gasteiger partial charge in [0.15, 0.2) is 6.61 Å². The molecule has 1 aliphatic heterocycles. The van der Waals surface area contributed by atoms with Gasteiger partial charge in [0, 0.05) is 38.4 Å². The van der Waals surface area contributed by atoms with Gasteiger partial charge in [-0.2, -0.15) is 0 Å². The van der Waals surface area contributed by atoms with E-state index >= 15 is 0 Å². The molecular weight excluding hydrogens is 402 g/mol. The van der Waals surface area contributed by atoms with Crippen LogP contribution < -0.4 is 14.4 Å². The number of nitrogens with zero attached hydrogens (tertiary/aromatic N) is 2. The summed E-state index contributed by atoms with van der Waals surface area (Å²) in [7, 11) is -3.53. The van der Waals surface area contributed by atoms with Crippen molar-refractivity contribution in [2.45, 2.75) is 18.7 Å². The number of hydrogen-bond donors (Lipinski definition) is 1. The number of nitrogens with one attached hydrogen (secondary N) is 1. The standard InChI is InChI=1S/C22H29N3O4S/c1-18(2)16-23-30(27,28)21-10-8-20(9-11-21)29-17-22(26)25-14-12-24(13-15-25)19-6-4-3-5-7-19/h3-11,18,23H,12-17H2,1-2H3. The van der Waals surface area contributed by atoms with Crippen LogP contribution in [0.15, 0.2) is 59.5 Å². The summed E-state index contributed by atoms with van der Waals surface area (Å²) in [5.41, 5.74) is 1.17. The van der Waals surface area contributed by atoms with Crippen LogP contribution >= 0.6 is 0 Å². The number of piperazine rings is 1. The quantitative estimate of drug-likeness (QED) is 0.694. The molecule has 7 nitrogen and oxygen atoms in total. The Hall–Kier alpha value is -2.58. The van der Waals surface area contributed by atoms with Crippen LogP contribution in [-0.2, 0) is 14.8 Å². The SMILES string of the molecule is CC(C)CNS(=O)(=O)c1ccc(OCC(=O)N2CCN(c3ccccc3)CC2)cc1. The fraction of sp³-hybridized carbons (Fsp3) is 0.409. The fourth-order valence-corrected chi connectivity index (χ4v) is 4.38. The Bertz CT molecular complexity index is 923. The summed E-state index contributed by atoms with van der Waals surface area (Å²) in [5, 5.41) is 0. The third-order valence-corrected chi connectivity index (χ3v) is 6.37. The smallest absolute Gasteiger partial charge is 0.260 e. The first kappa shape index (κ1) is 22.1. The highest BCUT2D eigenvalue weighted by atomic mass is 32.2. The van der Waals surface area contributed by atoms with Gasteiger partial charge in [-0.05, 0) is 42.3 Å². The van der Waals surface area contributed by atoms with E-state index in [0.29, 0.717) is 25.4 Å². The number of rotatable bonds is 8. The molecule has 1 heterocycles. The number of anilines is 1. The number of hydrogen-bond acceptors (Lipinski definition) is 5. The second-order valence-electron chi connectivity index (χ2n) is 7.71. The van der Waals surface area contributed by atoms with Gasteiger partial charge in [-0.1, -0.05) is 32.0 Å². The minimum absolute atomic E-state index is 0.0664. The van der Waals surface area contributed by atoms with Crippen LogP contribution in [0, 0.1) is 5.92 Å². The van der Waals surface area contributed by atoms with Crippen LogP contribution in [0.2, 0.25) is 0 Å². The molecule has 0 spiro atoms.